The molecule has 25 heavy (non-hydrogen) atoms. The van der Waals surface area contributed by atoms with E-state index >= 15 is 0 Å². The summed E-state index contributed by atoms with van der Waals surface area (Å²) in [5.41, 5.74) is 8.03. The molecule has 0 radical (unpaired) electrons. The van der Waals surface area contributed by atoms with Gasteiger partial charge < -0.3 is 11.2 Å². The summed E-state index contributed by atoms with van der Waals surface area (Å²) in [6.45, 7) is 4.68. The van der Waals surface area contributed by atoms with Crippen molar-refractivity contribution in [1.82, 2.24) is 14.7 Å². The summed E-state index contributed by atoms with van der Waals surface area (Å²) in [4.78, 5) is 4.28. The third-order valence-corrected chi connectivity index (χ3v) is 5.25. The molecule has 0 saturated carbocycles. The third kappa shape index (κ3) is 7.05. The normalized spacial score (nSPS) is 21.1. The van der Waals surface area contributed by atoms with E-state index < -0.39 is 15.9 Å². The standard InChI is InChI=1S/C15H25ClFN5O2S/c1-4-13(16)10-20-21(2)15(14(17)8-18)19-9-12-6-5-7-22(11-12)25(3,23)24/h4,8,10,12,20H,1,5-7,9,11,18H2,2-3H3/b13-10+,14-8?,19-15?. The van der Waals surface area contributed by atoms with Crippen molar-refractivity contribution in [2.24, 2.45) is 16.6 Å². The van der Waals surface area contributed by atoms with Crippen molar-refractivity contribution in [2.45, 2.75) is 12.8 Å². The summed E-state index contributed by atoms with van der Waals surface area (Å²) in [5.74, 6) is -0.678. The van der Waals surface area contributed by atoms with Gasteiger partial charge >= 0.3 is 0 Å². The van der Waals surface area contributed by atoms with Gasteiger partial charge in [-0.15, -0.1) is 0 Å². The molecule has 1 rings (SSSR count). The molecule has 1 aliphatic rings. The number of rotatable bonds is 7. The summed E-state index contributed by atoms with van der Waals surface area (Å²) in [6.07, 6.45) is 6.45. The fourth-order valence-electron chi connectivity index (χ4n) is 2.39. The van der Waals surface area contributed by atoms with E-state index in [2.05, 4.69) is 17.0 Å². The van der Waals surface area contributed by atoms with Gasteiger partial charge in [0.15, 0.2) is 11.7 Å². The monoisotopic (exact) mass is 393 g/mol. The maximum absolute atomic E-state index is 14.0. The number of aliphatic imine (C=N–C) groups is 1. The maximum atomic E-state index is 14.0. The SMILES string of the molecule is C=C/C(Cl)=C\NN(C)C(=NCC1CCCN(S(C)(=O)=O)C1)C(F)=CN. The molecule has 0 aromatic carbocycles. The Hall–Kier alpha value is -1.58. The van der Waals surface area contributed by atoms with E-state index in [-0.39, 0.29) is 18.3 Å². The summed E-state index contributed by atoms with van der Waals surface area (Å²) < 4.78 is 38.8. The molecule has 0 aliphatic carbocycles. The van der Waals surface area contributed by atoms with Gasteiger partial charge in [-0.3, -0.25) is 10.0 Å². The molecule has 1 heterocycles. The zero-order valence-electron chi connectivity index (χ0n) is 14.5. The lowest BCUT2D eigenvalue weighted by Crippen LogP contribution is -2.41. The Morgan fingerprint density at radius 1 is 1.60 bits per heavy atom. The van der Waals surface area contributed by atoms with Crippen molar-refractivity contribution in [1.29, 1.82) is 0 Å². The Kier molecular flexibility index (Phi) is 8.40. The van der Waals surface area contributed by atoms with Crippen LogP contribution < -0.4 is 11.2 Å². The second-order valence-corrected chi connectivity index (χ2v) is 8.15. The van der Waals surface area contributed by atoms with Gasteiger partial charge in [0.2, 0.25) is 10.0 Å². The zero-order chi connectivity index (χ0) is 19.0. The fourth-order valence-corrected chi connectivity index (χ4v) is 3.38. The molecular formula is C15H25ClFN5O2S. The first-order chi connectivity index (χ1) is 11.7. The number of hydrogen-bond donors (Lipinski definition) is 2. The van der Waals surface area contributed by atoms with Crippen LogP contribution in [0.3, 0.4) is 0 Å². The molecular weight excluding hydrogens is 369 g/mol. The smallest absolute Gasteiger partial charge is 0.211 e. The number of halogens is 2. The van der Waals surface area contributed by atoms with Crippen LogP contribution in [0.1, 0.15) is 12.8 Å². The van der Waals surface area contributed by atoms with E-state index in [0.29, 0.717) is 18.1 Å². The first-order valence-electron chi connectivity index (χ1n) is 7.74. The Bertz CT molecular complexity index is 663. The van der Waals surface area contributed by atoms with Gasteiger partial charge in [0.05, 0.1) is 11.3 Å². The molecule has 0 bridgehead atoms. The average Bonchev–Trinajstić information content (AvgIpc) is 2.58. The molecule has 1 aliphatic heterocycles. The molecule has 0 spiro atoms. The van der Waals surface area contributed by atoms with E-state index in [4.69, 9.17) is 17.3 Å². The van der Waals surface area contributed by atoms with Gasteiger partial charge in [-0.05, 0) is 24.8 Å². The number of allylic oxidation sites excluding steroid dienone is 2. The van der Waals surface area contributed by atoms with Crippen molar-refractivity contribution in [3.63, 3.8) is 0 Å². The Morgan fingerprint density at radius 2 is 2.28 bits per heavy atom. The van der Waals surface area contributed by atoms with Crippen molar-refractivity contribution in [2.75, 3.05) is 32.9 Å². The molecule has 3 N–H and O–H groups in total. The molecule has 10 heteroatoms. The highest BCUT2D eigenvalue weighted by molar-refractivity contribution is 7.88. The number of amidine groups is 1. The number of sulfonamides is 1. The van der Waals surface area contributed by atoms with Crippen molar-refractivity contribution < 1.29 is 12.8 Å². The van der Waals surface area contributed by atoms with Crippen molar-refractivity contribution in [3.8, 4) is 0 Å². The highest BCUT2D eigenvalue weighted by atomic mass is 35.5. The summed E-state index contributed by atoms with van der Waals surface area (Å²) in [6, 6.07) is 0. The van der Waals surface area contributed by atoms with Crippen molar-refractivity contribution >= 4 is 27.5 Å². The van der Waals surface area contributed by atoms with E-state index in [1.807, 2.05) is 0 Å². The molecule has 1 unspecified atom stereocenters. The first kappa shape index (κ1) is 21.5. The van der Waals surface area contributed by atoms with Gasteiger partial charge in [-0.2, -0.15) is 0 Å². The number of nitrogens with one attached hydrogen (secondary N) is 1. The van der Waals surface area contributed by atoms with Crippen LogP contribution in [0.15, 0.2) is 40.9 Å². The summed E-state index contributed by atoms with van der Waals surface area (Å²) >= 11 is 5.80. The zero-order valence-corrected chi connectivity index (χ0v) is 16.0. The molecule has 0 aromatic heterocycles. The molecule has 0 amide bonds. The van der Waals surface area contributed by atoms with Gasteiger partial charge in [-0.25, -0.2) is 17.1 Å². The molecule has 1 saturated heterocycles. The number of piperidine rings is 1. The fraction of sp³-hybridized carbons (Fsp3) is 0.533. The highest BCUT2D eigenvalue weighted by Gasteiger charge is 2.26. The maximum Gasteiger partial charge on any atom is 0.211 e. The third-order valence-electron chi connectivity index (χ3n) is 3.72. The number of nitrogens with zero attached hydrogens (tertiary/aromatic N) is 3. The first-order valence-corrected chi connectivity index (χ1v) is 9.97. The molecule has 7 nitrogen and oxygen atoms in total. The minimum atomic E-state index is -3.23. The predicted octanol–water partition coefficient (Wildman–Crippen LogP) is 1.53. The lowest BCUT2D eigenvalue weighted by atomic mass is 10.00. The Labute approximate surface area is 153 Å². The molecule has 0 aromatic rings. The molecule has 142 valence electrons. The predicted molar refractivity (Wildman–Crippen MR) is 99.9 cm³/mol. The van der Waals surface area contributed by atoms with E-state index in [1.54, 1.807) is 7.05 Å². The number of likely N-dealkylation sites (N-methyl/N-ethyl adjacent to an activating group) is 1. The van der Waals surface area contributed by atoms with E-state index in [9.17, 15) is 12.8 Å². The van der Waals surface area contributed by atoms with Gasteiger partial charge in [0.25, 0.3) is 0 Å². The number of nitrogens with two attached hydrogens (primary N) is 1. The lowest BCUT2D eigenvalue weighted by molar-refractivity contribution is 0.272. The largest absolute Gasteiger partial charge is 0.402 e. The van der Waals surface area contributed by atoms with Gasteiger partial charge in [0, 0.05) is 39.1 Å². The van der Waals surface area contributed by atoms with Crippen LogP contribution in [-0.4, -0.2) is 56.5 Å². The van der Waals surface area contributed by atoms with Crippen LogP contribution in [0.25, 0.3) is 0 Å². The summed E-state index contributed by atoms with van der Waals surface area (Å²) in [5, 5.41) is 1.68. The van der Waals surface area contributed by atoms with Crippen LogP contribution in [0.5, 0.6) is 0 Å². The molecule has 1 atom stereocenters. The van der Waals surface area contributed by atoms with E-state index in [0.717, 1.165) is 19.0 Å². The van der Waals surface area contributed by atoms with Crippen LogP contribution in [-0.2, 0) is 10.0 Å². The van der Waals surface area contributed by atoms with E-state index in [1.165, 1.54) is 27.8 Å². The Balaban J connectivity index is 2.84. The second kappa shape index (κ2) is 9.79. The van der Waals surface area contributed by atoms with Crippen molar-refractivity contribution in [3.05, 3.63) is 35.9 Å². The second-order valence-electron chi connectivity index (χ2n) is 5.73. The van der Waals surface area contributed by atoms with Crippen LogP contribution in [0.4, 0.5) is 4.39 Å². The molecule has 1 fully saturated rings. The topological polar surface area (TPSA) is 91.0 Å². The van der Waals surface area contributed by atoms with Gasteiger partial charge in [0.1, 0.15) is 0 Å². The number of hydrogen-bond acceptors (Lipinski definition) is 5. The quantitative estimate of drug-likeness (QED) is 0.296. The van der Waals surface area contributed by atoms with Crippen LogP contribution >= 0.6 is 11.6 Å². The minimum Gasteiger partial charge on any atom is -0.402 e. The highest BCUT2D eigenvalue weighted by Crippen LogP contribution is 2.19. The van der Waals surface area contributed by atoms with Gasteiger partial charge in [-0.1, -0.05) is 18.2 Å². The average molecular weight is 394 g/mol. The Morgan fingerprint density at radius 3 is 2.84 bits per heavy atom. The van der Waals surface area contributed by atoms with Crippen LogP contribution in [0, 0.1) is 5.92 Å². The number of hydrazine groups is 1. The summed E-state index contributed by atoms with van der Waals surface area (Å²) in [7, 11) is -1.67. The minimum absolute atomic E-state index is 0.00348. The lowest BCUT2D eigenvalue weighted by Gasteiger charge is -2.30. The van der Waals surface area contributed by atoms with Crippen LogP contribution in [0.2, 0.25) is 0 Å².